The number of amides is 2. The van der Waals surface area contributed by atoms with Crippen LogP contribution in [0, 0.1) is 24.0 Å². The lowest BCUT2D eigenvalue weighted by atomic mass is 10.1. The summed E-state index contributed by atoms with van der Waals surface area (Å²) in [5.74, 6) is -0.0912. The highest BCUT2D eigenvalue weighted by Gasteiger charge is 2.26. The van der Waals surface area contributed by atoms with Crippen molar-refractivity contribution in [2.24, 2.45) is 0 Å². The molecule has 170 valence electrons. The normalized spacial score (nSPS) is 13.8. The maximum Gasteiger partial charge on any atom is 0.312 e. The van der Waals surface area contributed by atoms with Crippen LogP contribution in [0.2, 0.25) is 0 Å². The van der Waals surface area contributed by atoms with Gasteiger partial charge in [0, 0.05) is 37.3 Å². The fourth-order valence-corrected chi connectivity index (χ4v) is 4.09. The highest BCUT2D eigenvalue weighted by atomic mass is 16.6. The van der Waals surface area contributed by atoms with Gasteiger partial charge in [0.05, 0.1) is 11.5 Å². The molecule has 2 amide bonds. The van der Waals surface area contributed by atoms with Gasteiger partial charge in [-0.25, -0.2) is 0 Å². The van der Waals surface area contributed by atoms with Crippen LogP contribution in [0.3, 0.4) is 0 Å². The number of carbonyl (C=O) groups excluding carboxylic acids is 2. The molecule has 2 heterocycles. The number of piperazine rings is 1. The molecule has 0 spiro atoms. The minimum atomic E-state index is -0.414. The number of aryl methyl sites for hydroxylation is 1. The van der Waals surface area contributed by atoms with Crippen molar-refractivity contribution in [2.45, 2.75) is 20.4 Å². The SMILES string of the molecule is Cc1nn(Cc2ccc(C(=O)N3CCN(C(=O)c4ccccc4)CC3)cc2)c(C)c1[N+](=O)[O-]. The van der Waals surface area contributed by atoms with Crippen molar-refractivity contribution in [3.05, 3.63) is 92.8 Å². The molecule has 3 aromatic rings. The minimum Gasteiger partial charge on any atom is -0.335 e. The monoisotopic (exact) mass is 447 g/mol. The van der Waals surface area contributed by atoms with Gasteiger partial charge in [0.2, 0.25) is 0 Å². The molecular weight excluding hydrogens is 422 g/mol. The van der Waals surface area contributed by atoms with Crippen LogP contribution in [0.15, 0.2) is 54.6 Å². The molecule has 0 radical (unpaired) electrons. The maximum absolute atomic E-state index is 12.9. The summed E-state index contributed by atoms with van der Waals surface area (Å²) in [6.07, 6.45) is 0. The predicted octanol–water partition coefficient (Wildman–Crippen LogP) is 3.05. The topological polar surface area (TPSA) is 102 Å². The highest BCUT2D eigenvalue weighted by Crippen LogP contribution is 2.22. The van der Waals surface area contributed by atoms with Gasteiger partial charge in [-0.3, -0.25) is 24.4 Å². The lowest BCUT2D eigenvalue weighted by Crippen LogP contribution is -2.50. The molecule has 0 atom stereocenters. The lowest BCUT2D eigenvalue weighted by molar-refractivity contribution is -0.386. The van der Waals surface area contributed by atoms with Gasteiger partial charge in [0.15, 0.2) is 0 Å². The summed E-state index contributed by atoms with van der Waals surface area (Å²) in [7, 11) is 0. The number of aromatic nitrogens is 2. The third-order valence-electron chi connectivity index (χ3n) is 5.93. The van der Waals surface area contributed by atoms with Crippen LogP contribution in [0.4, 0.5) is 5.69 Å². The molecule has 0 saturated carbocycles. The van der Waals surface area contributed by atoms with Crippen molar-refractivity contribution in [2.75, 3.05) is 26.2 Å². The molecule has 1 aliphatic rings. The number of rotatable bonds is 5. The fraction of sp³-hybridized carbons (Fsp3) is 0.292. The van der Waals surface area contributed by atoms with E-state index in [1.165, 1.54) is 0 Å². The van der Waals surface area contributed by atoms with Crippen molar-refractivity contribution >= 4 is 17.5 Å². The van der Waals surface area contributed by atoms with E-state index in [0.29, 0.717) is 55.2 Å². The zero-order valence-electron chi connectivity index (χ0n) is 18.6. The Bertz CT molecular complexity index is 1180. The summed E-state index contributed by atoms with van der Waals surface area (Å²) in [4.78, 5) is 39.8. The van der Waals surface area contributed by atoms with E-state index < -0.39 is 4.92 Å². The molecule has 9 heteroatoms. The molecule has 33 heavy (non-hydrogen) atoms. The summed E-state index contributed by atoms with van der Waals surface area (Å²) >= 11 is 0. The van der Waals surface area contributed by atoms with Crippen molar-refractivity contribution in [1.29, 1.82) is 0 Å². The van der Waals surface area contributed by atoms with Gasteiger partial charge < -0.3 is 9.80 Å². The van der Waals surface area contributed by atoms with E-state index >= 15 is 0 Å². The molecule has 1 aromatic heterocycles. The predicted molar refractivity (Wildman–Crippen MR) is 122 cm³/mol. The molecule has 0 aliphatic carbocycles. The van der Waals surface area contributed by atoms with Crippen molar-refractivity contribution in [1.82, 2.24) is 19.6 Å². The summed E-state index contributed by atoms with van der Waals surface area (Å²) in [5, 5.41) is 15.5. The van der Waals surface area contributed by atoms with Crippen LogP contribution in [0.25, 0.3) is 0 Å². The summed E-state index contributed by atoms with van der Waals surface area (Å²) in [5.41, 5.74) is 3.04. The average molecular weight is 447 g/mol. The first kappa shape index (κ1) is 22.2. The van der Waals surface area contributed by atoms with Gasteiger partial charge in [-0.15, -0.1) is 0 Å². The van der Waals surface area contributed by atoms with E-state index in [9.17, 15) is 19.7 Å². The summed E-state index contributed by atoms with van der Waals surface area (Å²) in [6.45, 7) is 5.63. The van der Waals surface area contributed by atoms with Crippen LogP contribution >= 0.6 is 0 Å². The minimum absolute atomic E-state index is 0.0172. The van der Waals surface area contributed by atoms with E-state index in [1.54, 1.807) is 52.6 Å². The molecule has 9 nitrogen and oxygen atoms in total. The first-order chi connectivity index (χ1) is 15.8. The van der Waals surface area contributed by atoms with E-state index in [-0.39, 0.29) is 17.5 Å². The van der Waals surface area contributed by atoms with Crippen molar-refractivity contribution in [3.63, 3.8) is 0 Å². The molecule has 4 rings (SSSR count). The standard InChI is InChI=1S/C24H25N5O4/c1-17-22(29(32)33)18(2)28(25-17)16-19-8-10-21(11-9-19)24(31)27-14-12-26(13-15-27)23(30)20-6-4-3-5-7-20/h3-11H,12-16H2,1-2H3. The second-order valence-corrected chi connectivity index (χ2v) is 8.08. The molecule has 0 unspecified atom stereocenters. The molecule has 2 aromatic carbocycles. The number of nitro groups is 1. The van der Waals surface area contributed by atoms with E-state index in [2.05, 4.69) is 5.10 Å². The Morgan fingerprint density at radius 2 is 1.39 bits per heavy atom. The molecular formula is C24H25N5O4. The smallest absolute Gasteiger partial charge is 0.312 e. The van der Waals surface area contributed by atoms with E-state index in [1.807, 2.05) is 30.3 Å². The maximum atomic E-state index is 12.9. The zero-order chi connectivity index (χ0) is 23.5. The number of nitrogens with zero attached hydrogens (tertiary/aromatic N) is 5. The van der Waals surface area contributed by atoms with Gasteiger partial charge >= 0.3 is 5.69 Å². The number of hydrogen-bond acceptors (Lipinski definition) is 5. The van der Waals surface area contributed by atoms with Crippen LogP contribution in [-0.4, -0.2) is 62.5 Å². The highest BCUT2D eigenvalue weighted by molar-refractivity contribution is 5.96. The third kappa shape index (κ3) is 4.62. The van der Waals surface area contributed by atoms with Gasteiger partial charge in [-0.2, -0.15) is 5.10 Å². The van der Waals surface area contributed by atoms with Crippen molar-refractivity contribution < 1.29 is 14.5 Å². The summed E-state index contributed by atoms with van der Waals surface area (Å²) < 4.78 is 1.60. The Labute approximate surface area is 191 Å². The summed E-state index contributed by atoms with van der Waals surface area (Å²) in [6, 6.07) is 16.4. The third-order valence-corrected chi connectivity index (χ3v) is 5.93. The van der Waals surface area contributed by atoms with Crippen LogP contribution in [0.5, 0.6) is 0 Å². The first-order valence-electron chi connectivity index (χ1n) is 10.8. The fourth-order valence-electron chi connectivity index (χ4n) is 4.09. The van der Waals surface area contributed by atoms with Crippen molar-refractivity contribution in [3.8, 4) is 0 Å². The molecule has 1 fully saturated rings. The molecule has 0 N–H and O–H groups in total. The quantitative estimate of drug-likeness (QED) is 0.442. The van der Waals surface area contributed by atoms with Crippen LogP contribution in [0.1, 0.15) is 37.7 Å². The Kier molecular flexibility index (Phi) is 6.21. The van der Waals surface area contributed by atoms with Gasteiger partial charge in [0.1, 0.15) is 11.4 Å². The van der Waals surface area contributed by atoms with Gasteiger partial charge in [-0.1, -0.05) is 30.3 Å². The van der Waals surface area contributed by atoms with E-state index in [4.69, 9.17) is 0 Å². The van der Waals surface area contributed by atoms with E-state index in [0.717, 1.165) is 5.56 Å². The molecule has 0 bridgehead atoms. The second kappa shape index (κ2) is 9.23. The Hall–Kier alpha value is -4.01. The Balaban J connectivity index is 1.37. The van der Waals surface area contributed by atoms with Gasteiger partial charge in [0.25, 0.3) is 11.8 Å². The average Bonchev–Trinajstić information content (AvgIpc) is 3.12. The second-order valence-electron chi connectivity index (χ2n) is 8.08. The Morgan fingerprint density at radius 1 is 0.879 bits per heavy atom. The number of carbonyl (C=O) groups is 2. The lowest BCUT2D eigenvalue weighted by Gasteiger charge is -2.35. The van der Waals surface area contributed by atoms with Crippen LogP contribution in [-0.2, 0) is 6.54 Å². The van der Waals surface area contributed by atoms with Gasteiger partial charge in [-0.05, 0) is 43.7 Å². The Morgan fingerprint density at radius 3 is 1.88 bits per heavy atom. The zero-order valence-corrected chi connectivity index (χ0v) is 18.6. The first-order valence-corrected chi connectivity index (χ1v) is 10.8. The van der Waals surface area contributed by atoms with Crippen LogP contribution < -0.4 is 0 Å². The number of benzene rings is 2. The largest absolute Gasteiger partial charge is 0.335 e. The molecule has 1 aliphatic heterocycles. The molecule has 1 saturated heterocycles. The number of hydrogen-bond donors (Lipinski definition) is 0.